The van der Waals surface area contributed by atoms with E-state index in [4.69, 9.17) is 16.2 Å². The van der Waals surface area contributed by atoms with E-state index in [1.54, 1.807) is 12.3 Å². The Morgan fingerprint density at radius 1 is 1.44 bits per heavy atom. The molecule has 0 unspecified atom stereocenters. The molecule has 4 N–H and O–H groups in total. The highest BCUT2D eigenvalue weighted by atomic mass is 127. The van der Waals surface area contributed by atoms with E-state index < -0.39 is 0 Å². The molecule has 0 saturated heterocycles. The van der Waals surface area contributed by atoms with Gasteiger partial charge in [-0.2, -0.15) is 0 Å². The molecular weight excluding hydrogens is 319 g/mol. The fourth-order valence-electron chi connectivity index (χ4n) is 0.998. The van der Waals surface area contributed by atoms with Crippen molar-refractivity contribution < 1.29 is 4.74 Å². The molecule has 5 nitrogen and oxygen atoms in total. The van der Waals surface area contributed by atoms with E-state index in [2.05, 4.69) is 9.98 Å². The van der Waals surface area contributed by atoms with Gasteiger partial charge in [-0.05, 0) is 19.4 Å². The predicted molar refractivity (Wildman–Crippen MR) is 74.9 cm³/mol. The minimum absolute atomic E-state index is 0. The predicted octanol–water partition coefficient (Wildman–Crippen LogP) is 1.26. The van der Waals surface area contributed by atoms with E-state index in [1.807, 2.05) is 19.9 Å². The van der Waals surface area contributed by atoms with Crippen LogP contribution >= 0.6 is 24.0 Å². The van der Waals surface area contributed by atoms with Crippen molar-refractivity contribution in [3.63, 3.8) is 0 Å². The highest BCUT2D eigenvalue weighted by Gasteiger charge is 1.98. The summed E-state index contributed by atoms with van der Waals surface area (Å²) < 4.78 is 5.40. The van der Waals surface area contributed by atoms with Crippen LogP contribution in [0.1, 0.15) is 19.4 Å². The molecule has 90 valence electrons. The van der Waals surface area contributed by atoms with Gasteiger partial charge in [-0.3, -0.25) is 0 Å². The maximum absolute atomic E-state index is 5.40. The van der Waals surface area contributed by atoms with E-state index in [-0.39, 0.29) is 36.0 Å². The molecule has 0 fully saturated rings. The fourth-order valence-corrected chi connectivity index (χ4v) is 0.998. The van der Waals surface area contributed by atoms with Crippen LogP contribution < -0.4 is 16.2 Å². The van der Waals surface area contributed by atoms with Crippen LogP contribution in [0.25, 0.3) is 0 Å². The average molecular weight is 336 g/mol. The molecule has 1 aromatic rings. The molecule has 0 spiro atoms. The maximum atomic E-state index is 5.40. The lowest BCUT2D eigenvalue weighted by molar-refractivity contribution is 0.232. The molecular formula is C10H17IN4O. The summed E-state index contributed by atoms with van der Waals surface area (Å²) in [4.78, 5) is 8.00. The van der Waals surface area contributed by atoms with Gasteiger partial charge in [0.1, 0.15) is 0 Å². The Balaban J connectivity index is 0.00000225. The highest BCUT2D eigenvalue weighted by molar-refractivity contribution is 14.0. The first kappa shape index (κ1) is 14.9. The van der Waals surface area contributed by atoms with Crippen LogP contribution in [0, 0.1) is 0 Å². The summed E-state index contributed by atoms with van der Waals surface area (Å²) in [5.74, 6) is 0.691. The summed E-state index contributed by atoms with van der Waals surface area (Å²) in [7, 11) is 0. The van der Waals surface area contributed by atoms with Crippen LogP contribution in [-0.4, -0.2) is 17.0 Å². The van der Waals surface area contributed by atoms with E-state index in [0.29, 0.717) is 12.4 Å². The first-order chi connectivity index (χ1) is 7.08. The smallest absolute Gasteiger partial charge is 0.213 e. The van der Waals surface area contributed by atoms with Crippen molar-refractivity contribution in [3.8, 4) is 5.88 Å². The SMILES string of the molecule is CC(C)Oc1ccc(CN=C(N)N)cn1.I. The van der Waals surface area contributed by atoms with Gasteiger partial charge in [0.05, 0.1) is 12.6 Å². The molecule has 0 amide bonds. The quantitative estimate of drug-likeness (QED) is 0.492. The molecule has 0 aliphatic rings. The molecule has 1 aromatic heterocycles. The zero-order valence-corrected chi connectivity index (χ0v) is 11.7. The molecule has 0 aromatic carbocycles. The molecule has 0 saturated carbocycles. The van der Waals surface area contributed by atoms with Crippen LogP contribution in [0.3, 0.4) is 0 Å². The number of aliphatic imine (C=N–C) groups is 1. The number of pyridine rings is 1. The van der Waals surface area contributed by atoms with Crippen molar-refractivity contribution >= 4 is 29.9 Å². The van der Waals surface area contributed by atoms with Crippen LogP contribution in [0.4, 0.5) is 0 Å². The molecule has 1 rings (SSSR count). The number of halogens is 1. The van der Waals surface area contributed by atoms with Crippen LogP contribution in [0.2, 0.25) is 0 Å². The average Bonchev–Trinajstić information content (AvgIpc) is 2.16. The lowest BCUT2D eigenvalue weighted by Gasteiger charge is -2.08. The summed E-state index contributed by atoms with van der Waals surface area (Å²) in [5, 5.41) is 0. The third-order valence-corrected chi connectivity index (χ3v) is 1.60. The Morgan fingerprint density at radius 2 is 2.12 bits per heavy atom. The third-order valence-electron chi connectivity index (χ3n) is 1.60. The minimum atomic E-state index is 0. The van der Waals surface area contributed by atoms with Crippen LogP contribution in [0.15, 0.2) is 23.3 Å². The van der Waals surface area contributed by atoms with Crippen LogP contribution in [-0.2, 0) is 6.54 Å². The Kier molecular flexibility index (Phi) is 6.78. The molecule has 0 aliphatic carbocycles. The zero-order chi connectivity index (χ0) is 11.3. The highest BCUT2D eigenvalue weighted by Crippen LogP contribution is 2.09. The molecule has 16 heavy (non-hydrogen) atoms. The summed E-state index contributed by atoms with van der Waals surface area (Å²) in [6.07, 6.45) is 1.82. The lowest BCUT2D eigenvalue weighted by atomic mass is 10.3. The van der Waals surface area contributed by atoms with Gasteiger partial charge in [0.25, 0.3) is 0 Å². The molecule has 0 aliphatic heterocycles. The van der Waals surface area contributed by atoms with E-state index in [9.17, 15) is 0 Å². The van der Waals surface area contributed by atoms with Crippen molar-refractivity contribution in [2.45, 2.75) is 26.5 Å². The van der Waals surface area contributed by atoms with Gasteiger partial charge in [-0.25, -0.2) is 9.98 Å². The molecule has 0 bridgehead atoms. The monoisotopic (exact) mass is 336 g/mol. The van der Waals surface area contributed by atoms with Crippen molar-refractivity contribution in [1.82, 2.24) is 4.98 Å². The largest absolute Gasteiger partial charge is 0.475 e. The van der Waals surface area contributed by atoms with E-state index >= 15 is 0 Å². The topological polar surface area (TPSA) is 86.5 Å². The Labute approximate surface area is 112 Å². The number of nitrogens with zero attached hydrogens (tertiary/aromatic N) is 2. The van der Waals surface area contributed by atoms with Crippen LogP contribution in [0.5, 0.6) is 5.88 Å². The number of nitrogens with two attached hydrogens (primary N) is 2. The van der Waals surface area contributed by atoms with Crippen molar-refractivity contribution in [2.75, 3.05) is 0 Å². The number of hydrogen-bond acceptors (Lipinski definition) is 3. The van der Waals surface area contributed by atoms with Gasteiger partial charge in [-0.15, -0.1) is 24.0 Å². The second-order valence-electron chi connectivity index (χ2n) is 3.41. The Bertz CT molecular complexity index is 333. The lowest BCUT2D eigenvalue weighted by Crippen LogP contribution is -2.22. The number of rotatable bonds is 4. The first-order valence-corrected chi connectivity index (χ1v) is 4.75. The van der Waals surface area contributed by atoms with Gasteiger partial charge >= 0.3 is 0 Å². The maximum Gasteiger partial charge on any atom is 0.213 e. The fraction of sp³-hybridized carbons (Fsp3) is 0.400. The number of aromatic nitrogens is 1. The van der Waals surface area contributed by atoms with Gasteiger partial charge in [-0.1, -0.05) is 6.07 Å². The number of hydrogen-bond donors (Lipinski definition) is 2. The Hall–Kier alpha value is -1.05. The molecule has 6 heteroatoms. The minimum Gasteiger partial charge on any atom is -0.475 e. The zero-order valence-electron chi connectivity index (χ0n) is 9.38. The summed E-state index contributed by atoms with van der Waals surface area (Å²) in [5.41, 5.74) is 11.4. The normalized spacial score (nSPS) is 9.44. The summed E-state index contributed by atoms with van der Waals surface area (Å²) in [6, 6.07) is 3.69. The Morgan fingerprint density at radius 3 is 2.56 bits per heavy atom. The molecule has 1 heterocycles. The van der Waals surface area contributed by atoms with E-state index in [0.717, 1.165) is 5.56 Å². The second kappa shape index (κ2) is 7.26. The first-order valence-electron chi connectivity index (χ1n) is 4.75. The number of ether oxygens (including phenoxy) is 1. The standard InChI is InChI=1S/C10H16N4O.HI/c1-7(2)15-9-4-3-8(5-13-9)6-14-10(11)12;/h3-5,7H,6H2,1-2H3,(H4,11,12,14);1H. The van der Waals surface area contributed by atoms with Gasteiger partial charge < -0.3 is 16.2 Å². The molecule has 0 radical (unpaired) electrons. The number of guanidine groups is 1. The molecule has 0 atom stereocenters. The van der Waals surface area contributed by atoms with Gasteiger partial charge in [0.15, 0.2) is 5.96 Å². The summed E-state index contributed by atoms with van der Waals surface area (Å²) in [6.45, 7) is 4.35. The third kappa shape index (κ3) is 5.74. The van der Waals surface area contributed by atoms with Crippen molar-refractivity contribution in [2.24, 2.45) is 16.5 Å². The second-order valence-corrected chi connectivity index (χ2v) is 3.41. The van der Waals surface area contributed by atoms with Gasteiger partial charge in [0.2, 0.25) is 5.88 Å². The van der Waals surface area contributed by atoms with Crippen molar-refractivity contribution in [3.05, 3.63) is 23.9 Å². The summed E-state index contributed by atoms with van der Waals surface area (Å²) >= 11 is 0. The van der Waals surface area contributed by atoms with Crippen molar-refractivity contribution in [1.29, 1.82) is 0 Å². The van der Waals surface area contributed by atoms with E-state index in [1.165, 1.54) is 0 Å². The van der Waals surface area contributed by atoms with Gasteiger partial charge in [0, 0.05) is 12.3 Å².